The summed E-state index contributed by atoms with van der Waals surface area (Å²) in [6.45, 7) is 9.79. The normalized spacial score (nSPS) is 21.5. The highest BCUT2D eigenvalue weighted by atomic mass is 79.9. The van der Waals surface area contributed by atoms with E-state index in [9.17, 15) is 18.0 Å². The van der Waals surface area contributed by atoms with Gasteiger partial charge in [-0.05, 0) is 45.1 Å². The number of carbonyl (C=O) groups is 1. The standard InChI is InChI=1S/C24H34BrF3N4O3/c1-6-12(2)18(26)13(3)11-14(4)29-20-16(22-34-9-10-35-22)19(30-15(5)31-20)17(25)21(33)32-24(7-8-24)23(27)28/h11-12,14,17-18,22-23H,6-10H2,1-5H3,(H,32,33)(H,29,30,31)/b13-11+/t12-,14+,17?,18?/m0/s1. The van der Waals surface area contributed by atoms with E-state index in [0.29, 0.717) is 36.0 Å². The van der Waals surface area contributed by atoms with Gasteiger partial charge in [-0.15, -0.1) is 0 Å². The van der Waals surface area contributed by atoms with E-state index in [0.717, 1.165) is 6.42 Å². The Kier molecular flexibility index (Phi) is 9.20. The number of alkyl halides is 4. The molecule has 7 nitrogen and oxygen atoms in total. The molecule has 2 aliphatic rings. The molecule has 35 heavy (non-hydrogen) atoms. The largest absolute Gasteiger partial charge is 0.364 e. The fourth-order valence-electron chi connectivity index (χ4n) is 4.03. The molecule has 1 amide bonds. The summed E-state index contributed by atoms with van der Waals surface area (Å²) in [7, 11) is 0. The molecule has 11 heteroatoms. The zero-order valence-electron chi connectivity index (χ0n) is 20.7. The van der Waals surface area contributed by atoms with E-state index in [4.69, 9.17) is 9.47 Å². The van der Waals surface area contributed by atoms with Crippen LogP contribution in [0.2, 0.25) is 0 Å². The van der Waals surface area contributed by atoms with E-state index in [-0.39, 0.29) is 30.5 Å². The molecular formula is C24H34BrF3N4O3. The van der Waals surface area contributed by atoms with Gasteiger partial charge in [0.1, 0.15) is 28.2 Å². The molecule has 196 valence electrons. The van der Waals surface area contributed by atoms with Gasteiger partial charge in [0.15, 0.2) is 6.29 Å². The molecule has 1 saturated carbocycles. The molecule has 2 heterocycles. The van der Waals surface area contributed by atoms with Crippen molar-refractivity contribution < 1.29 is 27.4 Å². The molecule has 0 spiro atoms. The lowest BCUT2D eigenvalue weighted by atomic mass is 9.96. The third kappa shape index (κ3) is 6.54. The number of aromatic nitrogens is 2. The summed E-state index contributed by atoms with van der Waals surface area (Å²) in [5.41, 5.74) is -0.198. The van der Waals surface area contributed by atoms with Crippen LogP contribution in [0.25, 0.3) is 0 Å². The number of ether oxygens (including phenoxy) is 2. The summed E-state index contributed by atoms with van der Waals surface area (Å²) < 4.78 is 52.9. The van der Waals surface area contributed by atoms with Crippen LogP contribution < -0.4 is 10.6 Å². The maximum Gasteiger partial charge on any atom is 0.261 e. The maximum atomic E-state index is 14.7. The van der Waals surface area contributed by atoms with Gasteiger partial charge in [-0.1, -0.05) is 42.3 Å². The minimum absolute atomic E-state index is 0.0992. The Bertz CT molecular complexity index is 939. The lowest BCUT2D eigenvalue weighted by Crippen LogP contribution is -2.44. The second-order valence-electron chi connectivity index (χ2n) is 9.43. The van der Waals surface area contributed by atoms with Crippen LogP contribution in [0.5, 0.6) is 0 Å². The van der Waals surface area contributed by atoms with Crippen molar-refractivity contribution in [3.05, 3.63) is 28.7 Å². The van der Waals surface area contributed by atoms with Gasteiger partial charge in [-0.25, -0.2) is 23.1 Å². The summed E-state index contributed by atoms with van der Waals surface area (Å²) in [5, 5.41) is 5.73. The Morgan fingerprint density at radius 1 is 1.23 bits per heavy atom. The zero-order valence-corrected chi connectivity index (χ0v) is 22.3. The zero-order chi connectivity index (χ0) is 25.9. The van der Waals surface area contributed by atoms with Crippen LogP contribution >= 0.6 is 15.9 Å². The molecule has 3 rings (SSSR count). The topological polar surface area (TPSA) is 85.4 Å². The number of nitrogens with one attached hydrogen (secondary N) is 2. The number of rotatable bonds is 11. The van der Waals surface area contributed by atoms with Crippen LogP contribution in [0.4, 0.5) is 19.0 Å². The Balaban J connectivity index is 1.91. The first-order valence-corrected chi connectivity index (χ1v) is 12.9. The number of hydrogen-bond donors (Lipinski definition) is 2. The highest BCUT2D eigenvalue weighted by Crippen LogP contribution is 2.43. The maximum absolute atomic E-state index is 14.7. The average Bonchev–Trinajstić information content (AvgIpc) is 3.39. The average molecular weight is 563 g/mol. The molecular weight excluding hydrogens is 529 g/mol. The SMILES string of the molecule is CC[C@H](C)C(F)/C(C)=C/[C@@H](C)Nc1nc(C)nc(C(Br)C(=O)NC2(C(F)F)CC2)c1C1OCCO1. The Hall–Kier alpha value is -1.72. The van der Waals surface area contributed by atoms with Gasteiger partial charge in [0.05, 0.1) is 24.5 Å². The van der Waals surface area contributed by atoms with Crippen LogP contribution in [0.3, 0.4) is 0 Å². The number of hydrogen-bond acceptors (Lipinski definition) is 6. The molecule has 1 aliphatic carbocycles. The van der Waals surface area contributed by atoms with Crippen LogP contribution in [0.15, 0.2) is 11.6 Å². The van der Waals surface area contributed by atoms with Gasteiger partial charge in [-0.3, -0.25) is 4.79 Å². The molecule has 2 unspecified atom stereocenters. The Morgan fingerprint density at radius 3 is 2.40 bits per heavy atom. The summed E-state index contributed by atoms with van der Waals surface area (Å²) in [6.07, 6.45) is -1.57. The summed E-state index contributed by atoms with van der Waals surface area (Å²) in [5.74, 6) is 0.0242. The van der Waals surface area contributed by atoms with Crippen LogP contribution in [-0.2, 0) is 14.3 Å². The van der Waals surface area contributed by atoms with E-state index in [1.54, 1.807) is 19.9 Å². The summed E-state index contributed by atoms with van der Waals surface area (Å²) in [6, 6.07) is -0.309. The minimum atomic E-state index is -2.65. The van der Waals surface area contributed by atoms with Gasteiger partial charge >= 0.3 is 0 Å². The molecule has 0 bridgehead atoms. The van der Waals surface area contributed by atoms with Crippen LogP contribution in [0.1, 0.15) is 75.2 Å². The number of halogens is 4. The van der Waals surface area contributed by atoms with E-state index < -0.39 is 35.2 Å². The molecule has 4 atom stereocenters. The number of anilines is 1. The molecule has 1 saturated heterocycles. The fraction of sp³-hybridized carbons (Fsp3) is 0.708. The van der Waals surface area contributed by atoms with Crippen LogP contribution in [-0.4, -0.2) is 53.3 Å². The highest BCUT2D eigenvalue weighted by molar-refractivity contribution is 9.09. The minimum Gasteiger partial charge on any atom is -0.364 e. The van der Waals surface area contributed by atoms with Crippen molar-refractivity contribution >= 4 is 27.7 Å². The van der Waals surface area contributed by atoms with Crippen molar-refractivity contribution in [1.82, 2.24) is 15.3 Å². The van der Waals surface area contributed by atoms with Crippen molar-refractivity contribution in [2.75, 3.05) is 18.5 Å². The predicted octanol–water partition coefficient (Wildman–Crippen LogP) is 5.31. The Labute approximate surface area is 212 Å². The van der Waals surface area contributed by atoms with E-state index in [1.807, 2.05) is 20.8 Å². The number of allylic oxidation sites excluding steroid dienone is 1. The first-order chi connectivity index (χ1) is 16.5. The second-order valence-corrected chi connectivity index (χ2v) is 10.3. The first kappa shape index (κ1) is 27.9. The Morgan fingerprint density at radius 2 is 1.86 bits per heavy atom. The number of carbonyl (C=O) groups excluding carboxylic acids is 1. The highest BCUT2D eigenvalue weighted by Gasteiger charge is 2.53. The first-order valence-electron chi connectivity index (χ1n) is 11.9. The number of nitrogens with zero attached hydrogens (tertiary/aromatic N) is 2. The van der Waals surface area contributed by atoms with Crippen LogP contribution in [0, 0.1) is 12.8 Å². The predicted molar refractivity (Wildman–Crippen MR) is 130 cm³/mol. The van der Waals surface area contributed by atoms with Crippen molar-refractivity contribution in [1.29, 1.82) is 0 Å². The van der Waals surface area contributed by atoms with E-state index >= 15 is 0 Å². The summed E-state index contributed by atoms with van der Waals surface area (Å²) >= 11 is 3.35. The number of amides is 1. The van der Waals surface area contributed by atoms with Gasteiger partial charge in [0, 0.05) is 6.04 Å². The monoisotopic (exact) mass is 562 g/mol. The molecule has 0 aromatic carbocycles. The van der Waals surface area contributed by atoms with E-state index in [2.05, 4.69) is 36.5 Å². The van der Waals surface area contributed by atoms with Gasteiger partial charge in [0.25, 0.3) is 6.43 Å². The van der Waals surface area contributed by atoms with Crippen molar-refractivity contribution in [2.24, 2.45) is 5.92 Å². The second kappa shape index (κ2) is 11.6. The van der Waals surface area contributed by atoms with Gasteiger partial charge in [-0.2, -0.15) is 0 Å². The van der Waals surface area contributed by atoms with Crippen molar-refractivity contribution in [2.45, 2.75) is 89.2 Å². The van der Waals surface area contributed by atoms with Gasteiger partial charge < -0.3 is 20.1 Å². The molecule has 1 aliphatic heterocycles. The molecule has 2 N–H and O–H groups in total. The number of aryl methyl sites for hydroxylation is 1. The smallest absolute Gasteiger partial charge is 0.261 e. The molecule has 1 aromatic heterocycles. The summed E-state index contributed by atoms with van der Waals surface area (Å²) in [4.78, 5) is 20.8. The van der Waals surface area contributed by atoms with Crippen molar-refractivity contribution in [3.63, 3.8) is 0 Å². The van der Waals surface area contributed by atoms with Gasteiger partial charge in [0.2, 0.25) is 5.91 Å². The fourth-order valence-corrected chi connectivity index (χ4v) is 4.49. The lowest BCUT2D eigenvalue weighted by Gasteiger charge is -2.24. The molecule has 1 aromatic rings. The lowest BCUT2D eigenvalue weighted by molar-refractivity contribution is -0.123. The molecule has 2 fully saturated rings. The van der Waals surface area contributed by atoms with Crippen molar-refractivity contribution in [3.8, 4) is 0 Å². The third-order valence-electron chi connectivity index (χ3n) is 6.45. The third-order valence-corrected chi connectivity index (χ3v) is 7.30. The quantitative estimate of drug-likeness (QED) is 0.281. The van der Waals surface area contributed by atoms with E-state index in [1.165, 1.54) is 0 Å². The molecule has 0 radical (unpaired) electrons.